The molecule has 1 aromatic carbocycles. The lowest BCUT2D eigenvalue weighted by atomic mass is 10.0. The molecule has 2 heterocycles. The van der Waals surface area contributed by atoms with Crippen molar-refractivity contribution in [2.75, 3.05) is 12.4 Å². The van der Waals surface area contributed by atoms with Crippen molar-refractivity contribution in [3.05, 3.63) is 41.0 Å². The number of aryl methyl sites for hydroxylation is 1. The molecule has 124 valence electrons. The van der Waals surface area contributed by atoms with Crippen LogP contribution in [0.25, 0.3) is 0 Å². The number of nitrogens with zero attached hydrogens (tertiary/aromatic N) is 2. The highest BCUT2D eigenvalue weighted by atomic mass is 32.2. The lowest BCUT2D eigenvalue weighted by Gasteiger charge is -2.17. The van der Waals surface area contributed by atoms with Gasteiger partial charge in [-0.3, -0.25) is 0 Å². The minimum absolute atomic E-state index is 0.141. The van der Waals surface area contributed by atoms with Crippen molar-refractivity contribution >= 4 is 9.84 Å². The van der Waals surface area contributed by atoms with Crippen molar-refractivity contribution < 1.29 is 17.7 Å². The average molecular weight is 336 g/mol. The Morgan fingerprint density at radius 1 is 1.30 bits per heavy atom. The van der Waals surface area contributed by atoms with Gasteiger partial charge in [0.15, 0.2) is 15.7 Å². The Morgan fingerprint density at radius 3 is 3.00 bits per heavy atom. The van der Waals surface area contributed by atoms with Gasteiger partial charge in [0.1, 0.15) is 11.5 Å². The van der Waals surface area contributed by atoms with Gasteiger partial charge in [-0.1, -0.05) is 24.2 Å². The van der Waals surface area contributed by atoms with Gasteiger partial charge in [0.25, 0.3) is 0 Å². The average Bonchev–Trinajstić information content (AvgIpc) is 2.93. The first-order valence-electron chi connectivity index (χ1n) is 7.82. The zero-order valence-electron chi connectivity index (χ0n) is 13.1. The largest absolute Gasteiger partial charge is 0.493 e. The second-order valence-electron chi connectivity index (χ2n) is 5.77. The molecule has 0 radical (unpaired) electrons. The Labute approximate surface area is 135 Å². The van der Waals surface area contributed by atoms with Gasteiger partial charge >= 0.3 is 0 Å². The van der Waals surface area contributed by atoms with Crippen molar-refractivity contribution in [1.29, 1.82) is 0 Å². The number of fused-ring (bicyclic) bond motifs is 1. The van der Waals surface area contributed by atoms with E-state index in [0.29, 0.717) is 18.7 Å². The fraction of sp³-hybridized carbons (Fsp3) is 0.500. The summed E-state index contributed by atoms with van der Waals surface area (Å²) in [4.78, 5) is 4.20. The first-order valence-corrected chi connectivity index (χ1v) is 9.64. The maximum Gasteiger partial charge on any atom is 0.231 e. The Hall–Kier alpha value is -1.89. The Balaban J connectivity index is 1.69. The molecule has 0 amide bonds. The third-order valence-corrected chi connectivity index (χ3v) is 5.43. The topological polar surface area (TPSA) is 82.3 Å². The Bertz CT molecular complexity index is 783. The van der Waals surface area contributed by atoms with Gasteiger partial charge in [0, 0.05) is 0 Å². The quantitative estimate of drug-likeness (QED) is 0.805. The molecule has 1 aromatic heterocycles. The number of hydrogen-bond donors (Lipinski definition) is 0. The molecule has 0 saturated carbocycles. The van der Waals surface area contributed by atoms with E-state index in [1.807, 2.05) is 19.1 Å². The maximum atomic E-state index is 11.8. The Kier molecular flexibility index (Phi) is 4.66. The van der Waals surface area contributed by atoms with Crippen LogP contribution in [0.1, 0.15) is 42.6 Å². The van der Waals surface area contributed by atoms with Crippen LogP contribution in [0.15, 0.2) is 22.7 Å². The lowest BCUT2D eigenvalue weighted by molar-refractivity contribution is 0.288. The summed E-state index contributed by atoms with van der Waals surface area (Å²) < 4.78 is 34.4. The fourth-order valence-corrected chi connectivity index (χ4v) is 3.98. The molecule has 0 bridgehead atoms. The van der Waals surface area contributed by atoms with E-state index in [9.17, 15) is 8.42 Å². The van der Waals surface area contributed by atoms with Crippen molar-refractivity contribution in [1.82, 2.24) is 10.1 Å². The summed E-state index contributed by atoms with van der Waals surface area (Å²) >= 11 is 0. The van der Waals surface area contributed by atoms with Crippen LogP contribution in [0.2, 0.25) is 0 Å². The number of aromatic nitrogens is 2. The molecular formula is C16H20N2O4S. The van der Waals surface area contributed by atoms with Gasteiger partial charge in [-0.15, -0.1) is 0 Å². The first-order chi connectivity index (χ1) is 11.1. The molecule has 6 nitrogen and oxygen atoms in total. The summed E-state index contributed by atoms with van der Waals surface area (Å²) in [7, 11) is -3.16. The number of benzene rings is 1. The molecule has 0 atom stereocenters. The fourth-order valence-electron chi connectivity index (χ4n) is 2.70. The molecule has 1 aliphatic heterocycles. The first kappa shape index (κ1) is 16.0. The number of ether oxygens (including phenoxy) is 1. The van der Waals surface area contributed by atoms with Gasteiger partial charge in [0.05, 0.1) is 18.8 Å². The number of rotatable bonds is 6. The molecule has 7 heteroatoms. The predicted molar refractivity (Wildman–Crippen MR) is 85.1 cm³/mol. The normalized spacial score (nSPS) is 14.3. The zero-order chi connectivity index (χ0) is 16.3. The highest BCUT2D eigenvalue weighted by Crippen LogP contribution is 2.26. The van der Waals surface area contributed by atoms with Gasteiger partial charge in [0.2, 0.25) is 5.89 Å². The standard InChI is InChI=1S/C16H20N2O4S/c1-2-8-23(19,20)11-15-17-16(22-18-15)10-12-5-6-14-13(9-12)4-3-7-21-14/h5-6,9H,2-4,7-8,10-11H2,1H3. The van der Waals surface area contributed by atoms with E-state index in [4.69, 9.17) is 9.26 Å². The molecule has 1 aliphatic rings. The monoisotopic (exact) mass is 336 g/mol. The molecule has 0 N–H and O–H groups in total. The van der Waals surface area contributed by atoms with Gasteiger partial charge in [-0.05, 0) is 36.5 Å². The number of hydrogen-bond acceptors (Lipinski definition) is 6. The number of sulfone groups is 1. The Morgan fingerprint density at radius 2 is 2.17 bits per heavy atom. The van der Waals surface area contributed by atoms with Crippen LogP contribution in [0, 0.1) is 0 Å². The summed E-state index contributed by atoms with van der Waals surface area (Å²) in [6.07, 6.45) is 3.11. The predicted octanol–water partition coefficient (Wildman–Crippen LogP) is 2.31. The van der Waals surface area contributed by atoms with Gasteiger partial charge < -0.3 is 9.26 Å². The van der Waals surface area contributed by atoms with Crippen LogP contribution in [-0.4, -0.2) is 30.9 Å². The van der Waals surface area contributed by atoms with Crippen LogP contribution < -0.4 is 4.74 Å². The van der Waals surface area contributed by atoms with Crippen LogP contribution >= 0.6 is 0 Å². The van der Waals surface area contributed by atoms with E-state index in [-0.39, 0.29) is 17.3 Å². The third kappa shape index (κ3) is 4.10. The van der Waals surface area contributed by atoms with E-state index in [1.54, 1.807) is 0 Å². The summed E-state index contributed by atoms with van der Waals surface area (Å²) in [5.74, 6) is 1.58. The third-order valence-electron chi connectivity index (χ3n) is 3.70. The second kappa shape index (κ2) is 6.70. The van der Waals surface area contributed by atoms with E-state index in [2.05, 4.69) is 16.2 Å². The smallest absolute Gasteiger partial charge is 0.231 e. The molecule has 0 saturated heterocycles. The summed E-state index contributed by atoms with van der Waals surface area (Å²) in [6, 6.07) is 6.03. The van der Waals surface area contributed by atoms with Crippen LogP contribution in [0.3, 0.4) is 0 Å². The minimum Gasteiger partial charge on any atom is -0.493 e. The molecule has 0 aliphatic carbocycles. The van der Waals surface area contributed by atoms with Crippen molar-refractivity contribution in [2.45, 2.75) is 38.4 Å². The van der Waals surface area contributed by atoms with E-state index >= 15 is 0 Å². The summed E-state index contributed by atoms with van der Waals surface area (Å²) in [5, 5.41) is 3.78. The molecule has 0 spiro atoms. The molecule has 0 unspecified atom stereocenters. The molecule has 2 aromatic rings. The highest BCUT2D eigenvalue weighted by molar-refractivity contribution is 7.90. The molecule has 3 rings (SSSR count). The summed E-state index contributed by atoms with van der Waals surface area (Å²) in [5.41, 5.74) is 2.25. The van der Waals surface area contributed by atoms with E-state index < -0.39 is 9.84 Å². The van der Waals surface area contributed by atoms with Crippen LogP contribution in [0.5, 0.6) is 5.75 Å². The maximum absolute atomic E-state index is 11.8. The lowest BCUT2D eigenvalue weighted by Crippen LogP contribution is -2.09. The van der Waals surface area contributed by atoms with Crippen LogP contribution in [0.4, 0.5) is 0 Å². The molecule has 23 heavy (non-hydrogen) atoms. The molecule has 0 fully saturated rings. The van der Waals surface area contributed by atoms with Crippen molar-refractivity contribution in [3.63, 3.8) is 0 Å². The van der Waals surface area contributed by atoms with E-state index in [1.165, 1.54) is 5.56 Å². The second-order valence-corrected chi connectivity index (χ2v) is 7.95. The SMILES string of the molecule is CCCS(=O)(=O)Cc1noc(Cc2ccc3c(c2)CCCO3)n1. The summed E-state index contributed by atoms with van der Waals surface area (Å²) in [6.45, 7) is 2.60. The molecular weight excluding hydrogens is 316 g/mol. The van der Waals surface area contributed by atoms with Crippen molar-refractivity contribution in [2.24, 2.45) is 0 Å². The van der Waals surface area contributed by atoms with E-state index in [0.717, 1.165) is 30.8 Å². The van der Waals surface area contributed by atoms with Crippen LogP contribution in [-0.2, 0) is 28.4 Å². The highest BCUT2D eigenvalue weighted by Gasteiger charge is 2.17. The minimum atomic E-state index is -3.16. The van der Waals surface area contributed by atoms with Gasteiger partial charge in [-0.25, -0.2) is 8.42 Å². The van der Waals surface area contributed by atoms with Crippen molar-refractivity contribution in [3.8, 4) is 5.75 Å². The zero-order valence-corrected chi connectivity index (χ0v) is 13.9. The van der Waals surface area contributed by atoms with Gasteiger partial charge in [-0.2, -0.15) is 4.98 Å².